The zero-order valence-electron chi connectivity index (χ0n) is 13.4. The number of nitrogens with zero attached hydrogens (tertiary/aromatic N) is 1. The summed E-state index contributed by atoms with van der Waals surface area (Å²) in [5.74, 6) is -0.884. The molecular weight excluding hydrogens is 394 g/mol. The number of thiophene rings is 2. The summed E-state index contributed by atoms with van der Waals surface area (Å²) in [4.78, 5) is 34.3. The van der Waals surface area contributed by atoms with E-state index in [4.69, 9.17) is 17.0 Å². The van der Waals surface area contributed by atoms with Crippen molar-refractivity contribution in [2.24, 2.45) is 4.99 Å². The number of carbonyl (C=O) groups excluding carboxylic acids is 1. The Hall–Kier alpha value is -2.56. The van der Waals surface area contributed by atoms with Crippen LogP contribution in [0.3, 0.4) is 0 Å². The summed E-state index contributed by atoms with van der Waals surface area (Å²) in [6.45, 7) is 1.96. The predicted molar refractivity (Wildman–Crippen MR) is 105 cm³/mol. The fourth-order valence-electron chi connectivity index (χ4n) is 2.18. The molecule has 0 radical (unpaired) electrons. The Morgan fingerprint density at radius 3 is 2.88 bits per heavy atom. The first-order chi connectivity index (χ1) is 12.5. The summed E-state index contributed by atoms with van der Waals surface area (Å²) in [6, 6.07) is 3.79. The number of esters is 1. The highest BCUT2D eigenvalue weighted by Crippen LogP contribution is 2.39. The van der Waals surface area contributed by atoms with Crippen LogP contribution in [-0.4, -0.2) is 33.9 Å². The molecule has 3 aromatic heterocycles. The summed E-state index contributed by atoms with van der Waals surface area (Å²) >= 11 is 7.53. The maximum Gasteiger partial charge on any atom is 0.341 e. The number of hydrogen-bond donors (Lipinski definition) is 3. The molecule has 3 N–H and O–H groups in total. The molecule has 0 aliphatic carbocycles. The molecule has 0 aromatic carbocycles. The molecule has 0 bridgehead atoms. The standard InChI is InChI=1S/C16H13N3O4S3/c1-2-23-15(22)11-9(10-4-3-5-25-10)7-26-14(11)17-6-8-12(20)18-16(24)19-13(8)21/h3-7H,2H2,1H3,(H3,18,19,20,21,24)/b17-6+. The maximum atomic E-state index is 12.4. The summed E-state index contributed by atoms with van der Waals surface area (Å²) < 4.78 is 5.15. The molecule has 0 saturated heterocycles. The molecule has 0 amide bonds. The molecule has 3 rings (SSSR count). The van der Waals surface area contributed by atoms with Gasteiger partial charge in [0.25, 0.3) is 5.56 Å². The highest BCUT2D eigenvalue weighted by atomic mass is 32.1. The minimum absolute atomic E-state index is 0.00738. The van der Waals surface area contributed by atoms with E-state index in [-0.39, 0.29) is 16.9 Å². The molecule has 134 valence electrons. The van der Waals surface area contributed by atoms with Crippen molar-refractivity contribution in [3.05, 3.63) is 49.1 Å². The van der Waals surface area contributed by atoms with Gasteiger partial charge < -0.3 is 14.8 Å². The molecule has 0 unspecified atom stereocenters. The second-order valence-corrected chi connectivity index (χ2v) is 7.17. The third-order valence-corrected chi connectivity index (χ3v) is 5.30. The number of carbonyl (C=O) groups is 1. The van der Waals surface area contributed by atoms with Gasteiger partial charge in [0, 0.05) is 22.0 Å². The van der Waals surface area contributed by atoms with Crippen LogP contribution in [0.2, 0.25) is 0 Å². The zero-order valence-corrected chi connectivity index (χ0v) is 15.9. The van der Waals surface area contributed by atoms with Crippen molar-refractivity contribution in [2.45, 2.75) is 6.92 Å². The monoisotopic (exact) mass is 407 g/mol. The predicted octanol–water partition coefficient (Wildman–Crippen LogP) is 3.86. The fraction of sp³-hybridized carbons (Fsp3) is 0.125. The average molecular weight is 407 g/mol. The number of aromatic hydroxyl groups is 1. The second kappa shape index (κ2) is 7.77. The summed E-state index contributed by atoms with van der Waals surface area (Å²) in [5, 5.41) is 14.0. The fourth-order valence-corrected chi connectivity index (χ4v) is 4.10. The molecule has 3 heterocycles. The minimum atomic E-state index is -0.581. The van der Waals surface area contributed by atoms with E-state index in [0.717, 1.165) is 10.4 Å². The highest BCUT2D eigenvalue weighted by molar-refractivity contribution is 7.71. The molecule has 0 spiro atoms. The summed E-state index contributed by atoms with van der Waals surface area (Å²) in [7, 11) is 0. The van der Waals surface area contributed by atoms with E-state index in [1.54, 1.807) is 6.92 Å². The van der Waals surface area contributed by atoms with Gasteiger partial charge in [0.15, 0.2) is 4.77 Å². The molecule has 0 saturated carbocycles. The second-order valence-electron chi connectivity index (χ2n) is 4.96. The van der Waals surface area contributed by atoms with E-state index in [9.17, 15) is 14.7 Å². The summed E-state index contributed by atoms with van der Waals surface area (Å²) in [5.41, 5.74) is 0.388. The van der Waals surface area contributed by atoms with Crippen molar-refractivity contribution in [3.63, 3.8) is 0 Å². The Kier molecular flexibility index (Phi) is 5.45. The van der Waals surface area contributed by atoms with Crippen molar-refractivity contribution in [2.75, 3.05) is 6.61 Å². The van der Waals surface area contributed by atoms with Crippen LogP contribution in [0.25, 0.3) is 10.4 Å². The van der Waals surface area contributed by atoms with E-state index in [0.29, 0.717) is 10.6 Å². The number of H-pyrrole nitrogens is 2. The van der Waals surface area contributed by atoms with E-state index in [1.165, 1.54) is 28.9 Å². The molecule has 0 fully saturated rings. The van der Waals surface area contributed by atoms with Gasteiger partial charge >= 0.3 is 5.97 Å². The van der Waals surface area contributed by atoms with Crippen molar-refractivity contribution >= 4 is 52.1 Å². The Morgan fingerprint density at radius 1 is 1.42 bits per heavy atom. The molecule has 10 heteroatoms. The van der Waals surface area contributed by atoms with Crippen molar-refractivity contribution in [1.82, 2.24) is 9.97 Å². The number of hydrogen-bond acceptors (Lipinski definition) is 8. The van der Waals surface area contributed by atoms with Gasteiger partial charge in [-0.15, -0.1) is 22.7 Å². The van der Waals surface area contributed by atoms with Crippen LogP contribution in [0.5, 0.6) is 5.88 Å². The van der Waals surface area contributed by atoms with Crippen LogP contribution in [0.15, 0.2) is 32.7 Å². The molecule has 26 heavy (non-hydrogen) atoms. The van der Waals surface area contributed by atoms with Gasteiger partial charge in [-0.2, -0.15) is 0 Å². The van der Waals surface area contributed by atoms with Crippen LogP contribution < -0.4 is 5.56 Å². The van der Waals surface area contributed by atoms with E-state index in [1.807, 2.05) is 22.9 Å². The normalized spacial score (nSPS) is 11.1. The number of aromatic nitrogens is 2. The van der Waals surface area contributed by atoms with Crippen LogP contribution in [-0.2, 0) is 4.74 Å². The number of rotatable bonds is 5. The maximum absolute atomic E-state index is 12.4. The van der Waals surface area contributed by atoms with Gasteiger partial charge in [-0.1, -0.05) is 6.07 Å². The van der Waals surface area contributed by atoms with Gasteiger partial charge in [-0.25, -0.2) is 9.79 Å². The summed E-state index contributed by atoms with van der Waals surface area (Å²) in [6.07, 6.45) is 1.19. The van der Waals surface area contributed by atoms with Gasteiger partial charge in [-0.05, 0) is 30.6 Å². The number of nitrogens with one attached hydrogen (secondary N) is 2. The molecule has 7 nitrogen and oxygen atoms in total. The average Bonchev–Trinajstić information content (AvgIpc) is 3.23. The quantitative estimate of drug-likeness (QED) is 0.338. The lowest BCUT2D eigenvalue weighted by Gasteiger charge is -2.04. The van der Waals surface area contributed by atoms with Crippen LogP contribution in [0.4, 0.5) is 5.00 Å². The van der Waals surface area contributed by atoms with E-state index in [2.05, 4.69) is 15.0 Å². The van der Waals surface area contributed by atoms with Gasteiger partial charge in [0.2, 0.25) is 5.88 Å². The first-order valence-corrected chi connectivity index (χ1v) is 9.60. The van der Waals surface area contributed by atoms with E-state index < -0.39 is 17.4 Å². The lowest BCUT2D eigenvalue weighted by molar-refractivity contribution is 0.0529. The van der Waals surface area contributed by atoms with E-state index >= 15 is 0 Å². The topological polar surface area (TPSA) is 108 Å². The SMILES string of the molecule is CCOC(=O)c1c(-c2cccs2)csc1/N=C/c1c(O)[nH]c(=S)[nH]c1=O. The molecule has 0 aliphatic heterocycles. The minimum Gasteiger partial charge on any atom is -0.494 e. The Morgan fingerprint density at radius 2 is 2.23 bits per heavy atom. The van der Waals surface area contributed by atoms with Gasteiger partial charge in [-0.3, -0.25) is 9.78 Å². The molecule has 3 aromatic rings. The zero-order chi connectivity index (χ0) is 18.7. The van der Waals surface area contributed by atoms with Crippen LogP contribution in [0, 0.1) is 4.77 Å². The number of ether oxygens (including phenoxy) is 1. The van der Waals surface area contributed by atoms with Crippen molar-refractivity contribution < 1.29 is 14.6 Å². The first kappa shape index (κ1) is 18.2. The van der Waals surface area contributed by atoms with Crippen LogP contribution >= 0.6 is 34.9 Å². The van der Waals surface area contributed by atoms with Crippen molar-refractivity contribution in [3.8, 4) is 16.3 Å². The molecular formula is C16H13N3O4S3. The van der Waals surface area contributed by atoms with Crippen molar-refractivity contribution in [1.29, 1.82) is 0 Å². The van der Waals surface area contributed by atoms with Crippen LogP contribution in [0.1, 0.15) is 22.8 Å². The highest BCUT2D eigenvalue weighted by Gasteiger charge is 2.21. The smallest absolute Gasteiger partial charge is 0.341 e. The first-order valence-electron chi connectivity index (χ1n) is 7.43. The number of aliphatic imine (C=N–C) groups is 1. The third kappa shape index (κ3) is 3.66. The Balaban J connectivity index is 2.07. The lowest BCUT2D eigenvalue weighted by Crippen LogP contribution is -2.13. The molecule has 0 aliphatic rings. The largest absolute Gasteiger partial charge is 0.494 e. The van der Waals surface area contributed by atoms with Gasteiger partial charge in [0.1, 0.15) is 16.1 Å². The Labute approximate surface area is 160 Å². The number of aromatic amines is 2. The molecule has 0 atom stereocenters. The Bertz CT molecular complexity index is 1080. The lowest BCUT2D eigenvalue weighted by atomic mass is 10.1. The van der Waals surface area contributed by atoms with Gasteiger partial charge in [0.05, 0.1) is 6.61 Å². The third-order valence-electron chi connectivity index (χ3n) is 3.31.